The molecule has 0 fully saturated rings. The molecule has 0 amide bonds. The minimum Gasteiger partial charge on any atom is -0.506 e. The average Bonchev–Trinajstić information content (AvgIpc) is 2.09. The van der Waals surface area contributed by atoms with E-state index in [4.69, 9.17) is 0 Å². The topological polar surface area (TPSA) is 37.3 Å². The zero-order valence-corrected chi connectivity index (χ0v) is 8.83. The third-order valence-corrected chi connectivity index (χ3v) is 2.51. The van der Waals surface area contributed by atoms with E-state index in [2.05, 4.69) is 0 Å². The second kappa shape index (κ2) is 3.89. The first-order chi connectivity index (χ1) is 5.69. The van der Waals surface area contributed by atoms with E-state index in [1.165, 1.54) is 0 Å². The van der Waals surface area contributed by atoms with Crippen molar-refractivity contribution in [1.82, 2.24) is 0 Å². The number of benzene rings is 1. The van der Waals surface area contributed by atoms with Gasteiger partial charge in [0.25, 0.3) is 0 Å². The van der Waals surface area contributed by atoms with Gasteiger partial charge in [-0.25, -0.2) is 0 Å². The molecule has 1 rings (SSSR count). The summed E-state index contributed by atoms with van der Waals surface area (Å²) in [7, 11) is 0. The van der Waals surface area contributed by atoms with E-state index in [-0.39, 0.29) is 5.75 Å². The monoisotopic (exact) mass is 276 g/mol. The van der Waals surface area contributed by atoms with Gasteiger partial charge in [0.15, 0.2) is 6.29 Å². The number of aldehydes is 1. The molecule has 2 nitrogen and oxygen atoms in total. The lowest BCUT2D eigenvalue weighted by molar-refractivity contribution is 0.112. The van der Waals surface area contributed by atoms with Crippen LogP contribution in [0.3, 0.4) is 0 Å². The Morgan fingerprint density at radius 1 is 1.58 bits per heavy atom. The standard InChI is InChI=1S/C9H9IO2/c1-2-6-3-7(5-11)9(12)8(10)4-6/h3-5,12H,2H2,1H3. The number of phenolic OH excluding ortho intramolecular Hbond substituents is 1. The fraction of sp³-hybridized carbons (Fsp3) is 0.222. The molecule has 0 atom stereocenters. The normalized spacial score (nSPS) is 9.83. The molecule has 0 aromatic heterocycles. The Hall–Kier alpha value is -0.580. The van der Waals surface area contributed by atoms with Crippen LogP contribution in [0.25, 0.3) is 0 Å². The third kappa shape index (κ3) is 1.77. The van der Waals surface area contributed by atoms with Crippen LogP contribution in [0.15, 0.2) is 12.1 Å². The first-order valence-electron chi connectivity index (χ1n) is 3.65. The van der Waals surface area contributed by atoms with Crippen LogP contribution in [-0.2, 0) is 6.42 Å². The predicted octanol–water partition coefficient (Wildman–Crippen LogP) is 2.37. The number of phenols is 1. The molecule has 12 heavy (non-hydrogen) atoms. The number of hydrogen-bond donors (Lipinski definition) is 1. The van der Waals surface area contributed by atoms with Crippen LogP contribution in [0.4, 0.5) is 0 Å². The van der Waals surface area contributed by atoms with E-state index < -0.39 is 0 Å². The lowest BCUT2D eigenvalue weighted by Gasteiger charge is -2.03. The van der Waals surface area contributed by atoms with Crippen molar-refractivity contribution in [2.45, 2.75) is 13.3 Å². The number of carbonyl (C=O) groups is 1. The summed E-state index contributed by atoms with van der Waals surface area (Å²) in [6.45, 7) is 2.01. The Bertz CT molecular complexity index is 308. The van der Waals surface area contributed by atoms with Crippen LogP contribution in [0.1, 0.15) is 22.8 Å². The van der Waals surface area contributed by atoms with Crippen LogP contribution in [0.5, 0.6) is 5.75 Å². The minimum atomic E-state index is 0.0859. The molecule has 1 N–H and O–H groups in total. The van der Waals surface area contributed by atoms with Gasteiger partial charge in [0.05, 0.1) is 9.13 Å². The largest absolute Gasteiger partial charge is 0.506 e. The molecule has 3 heteroatoms. The second-order valence-electron chi connectivity index (χ2n) is 2.49. The molecule has 0 heterocycles. The molecular formula is C9H9IO2. The summed E-state index contributed by atoms with van der Waals surface area (Å²) < 4.78 is 0.731. The van der Waals surface area contributed by atoms with Crippen molar-refractivity contribution in [1.29, 1.82) is 0 Å². The summed E-state index contributed by atoms with van der Waals surface area (Å²) in [4.78, 5) is 10.5. The van der Waals surface area contributed by atoms with Gasteiger partial charge in [0.1, 0.15) is 5.75 Å². The Morgan fingerprint density at radius 2 is 2.25 bits per heavy atom. The van der Waals surface area contributed by atoms with Gasteiger partial charge in [-0.2, -0.15) is 0 Å². The maximum Gasteiger partial charge on any atom is 0.153 e. The highest BCUT2D eigenvalue weighted by atomic mass is 127. The molecule has 0 bridgehead atoms. The van der Waals surface area contributed by atoms with Crippen LogP contribution >= 0.6 is 22.6 Å². The van der Waals surface area contributed by atoms with Crippen molar-refractivity contribution in [3.63, 3.8) is 0 Å². The fourth-order valence-electron chi connectivity index (χ4n) is 0.973. The summed E-state index contributed by atoms with van der Waals surface area (Å²) in [5.41, 5.74) is 1.44. The van der Waals surface area contributed by atoms with Crippen molar-refractivity contribution >= 4 is 28.9 Å². The Labute approximate surface area is 84.7 Å². The number of rotatable bonds is 2. The predicted molar refractivity (Wildman–Crippen MR) is 55.6 cm³/mol. The molecule has 1 aromatic carbocycles. The molecule has 1 aromatic rings. The van der Waals surface area contributed by atoms with Crippen LogP contribution in [0.2, 0.25) is 0 Å². The van der Waals surface area contributed by atoms with E-state index in [1.54, 1.807) is 6.07 Å². The molecule has 0 aliphatic heterocycles. The number of halogens is 1. The van der Waals surface area contributed by atoms with Gasteiger partial charge in [0.2, 0.25) is 0 Å². The lowest BCUT2D eigenvalue weighted by atomic mass is 10.1. The quantitative estimate of drug-likeness (QED) is 0.665. The molecule has 0 radical (unpaired) electrons. The zero-order valence-electron chi connectivity index (χ0n) is 6.67. The molecular weight excluding hydrogens is 267 g/mol. The highest BCUT2D eigenvalue weighted by molar-refractivity contribution is 14.1. The molecule has 0 saturated carbocycles. The van der Waals surface area contributed by atoms with Crippen molar-refractivity contribution < 1.29 is 9.90 Å². The highest BCUT2D eigenvalue weighted by Crippen LogP contribution is 2.24. The zero-order chi connectivity index (χ0) is 9.14. The smallest absolute Gasteiger partial charge is 0.153 e. The maximum absolute atomic E-state index is 10.5. The first-order valence-corrected chi connectivity index (χ1v) is 4.73. The summed E-state index contributed by atoms with van der Waals surface area (Å²) >= 11 is 2.01. The van der Waals surface area contributed by atoms with Crippen LogP contribution < -0.4 is 0 Å². The first kappa shape index (κ1) is 9.51. The number of carbonyl (C=O) groups excluding carboxylic acids is 1. The molecule has 64 valence electrons. The second-order valence-corrected chi connectivity index (χ2v) is 3.65. The average molecular weight is 276 g/mol. The van der Waals surface area contributed by atoms with Crippen molar-refractivity contribution in [3.05, 3.63) is 26.8 Å². The van der Waals surface area contributed by atoms with Crippen LogP contribution in [0, 0.1) is 3.57 Å². The van der Waals surface area contributed by atoms with Gasteiger partial charge in [0, 0.05) is 0 Å². The number of aryl methyl sites for hydroxylation is 1. The fourth-order valence-corrected chi connectivity index (χ4v) is 1.68. The summed E-state index contributed by atoms with van der Waals surface area (Å²) in [6.07, 6.45) is 1.55. The Balaban J connectivity index is 3.28. The molecule has 0 aliphatic rings. The molecule has 0 saturated heterocycles. The Morgan fingerprint density at radius 3 is 2.75 bits per heavy atom. The van der Waals surface area contributed by atoms with Gasteiger partial charge in [-0.15, -0.1) is 0 Å². The van der Waals surface area contributed by atoms with Crippen molar-refractivity contribution in [2.75, 3.05) is 0 Å². The third-order valence-electron chi connectivity index (χ3n) is 1.69. The molecule has 0 aliphatic carbocycles. The highest BCUT2D eigenvalue weighted by Gasteiger charge is 2.05. The summed E-state index contributed by atoms with van der Waals surface area (Å²) in [5, 5.41) is 9.38. The lowest BCUT2D eigenvalue weighted by Crippen LogP contribution is -1.89. The SMILES string of the molecule is CCc1cc(I)c(O)c(C=O)c1. The van der Waals surface area contributed by atoms with Crippen molar-refractivity contribution in [3.8, 4) is 5.75 Å². The molecule has 0 unspecified atom stereocenters. The van der Waals surface area contributed by atoms with Gasteiger partial charge in [-0.1, -0.05) is 6.92 Å². The maximum atomic E-state index is 10.5. The number of aromatic hydroxyl groups is 1. The van der Waals surface area contributed by atoms with E-state index in [0.29, 0.717) is 11.8 Å². The van der Waals surface area contributed by atoms with Gasteiger partial charge >= 0.3 is 0 Å². The summed E-state index contributed by atoms with van der Waals surface area (Å²) in [5.74, 6) is 0.0859. The van der Waals surface area contributed by atoms with E-state index >= 15 is 0 Å². The number of hydrogen-bond acceptors (Lipinski definition) is 2. The minimum absolute atomic E-state index is 0.0859. The van der Waals surface area contributed by atoms with Crippen molar-refractivity contribution in [2.24, 2.45) is 0 Å². The van der Waals surface area contributed by atoms with E-state index in [1.807, 2.05) is 35.6 Å². The van der Waals surface area contributed by atoms with E-state index in [9.17, 15) is 9.90 Å². The van der Waals surface area contributed by atoms with Gasteiger partial charge in [-0.05, 0) is 46.7 Å². The van der Waals surface area contributed by atoms with E-state index in [0.717, 1.165) is 15.6 Å². The molecule has 0 spiro atoms. The summed E-state index contributed by atoms with van der Waals surface area (Å²) in [6, 6.07) is 3.59. The van der Waals surface area contributed by atoms with Gasteiger partial charge < -0.3 is 5.11 Å². The van der Waals surface area contributed by atoms with Gasteiger partial charge in [-0.3, -0.25) is 4.79 Å². The Kier molecular flexibility index (Phi) is 3.08. The van der Waals surface area contributed by atoms with Crippen LogP contribution in [-0.4, -0.2) is 11.4 Å².